The maximum atomic E-state index is 12.9. The Morgan fingerprint density at radius 3 is 2.20 bits per heavy atom. The summed E-state index contributed by atoms with van der Waals surface area (Å²) in [4.78, 5) is 66.7. The molecule has 15 heteroatoms. The van der Waals surface area contributed by atoms with Crippen LogP contribution in [0.4, 0.5) is 0 Å². The molecule has 196 valence electrons. The monoisotopic (exact) mass is 499 g/mol. The number of aliphatic hydroxyl groups excluding tert-OH is 1. The van der Waals surface area contributed by atoms with E-state index < -0.39 is 66.4 Å². The summed E-state index contributed by atoms with van der Waals surface area (Å²) in [6.45, 7) is 1.53. The molecule has 1 heterocycles. The van der Waals surface area contributed by atoms with Gasteiger partial charge in [0, 0.05) is 18.3 Å². The van der Waals surface area contributed by atoms with Gasteiger partial charge in [-0.25, -0.2) is 9.78 Å². The van der Waals surface area contributed by atoms with E-state index in [1.54, 1.807) is 0 Å². The second-order valence-electron chi connectivity index (χ2n) is 7.96. The van der Waals surface area contributed by atoms with Gasteiger partial charge in [-0.2, -0.15) is 0 Å². The van der Waals surface area contributed by atoms with Gasteiger partial charge in [0.2, 0.25) is 17.7 Å². The van der Waals surface area contributed by atoms with Gasteiger partial charge in [-0.15, -0.1) is 0 Å². The molecular formula is C20H33N7O8. The highest BCUT2D eigenvalue weighted by Gasteiger charge is 2.33. The van der Waals surface area contributed by atoms with Crippen LogP contribution in [0.5, 0.6) is 0 Å². The number of hydrogen-bond acceptors (Lipinski definition) is 9. The number of aromatic amines is 1. The number of carbonyl (C=O) groups is 5. The Balaban J connectivity index is 2.92. The lowest BCUT2D eigenvalue weighted by molar-refractivity contribution is -0.148. The van der Waals surface area contributed by atoms with Crippen LogP contribution in [0.1, 0.15) is 38.3 Å². The second-order valence-corrected chi connectivity index (χ2v) is 7.96. The first-order chi connectivity index (χ1) is 16.5. The lowest BCUT2D eigenvalue weighted by Gasteiger charge is -2.26. The third kappa shape index (κ3) is 10.5. The molecule has 0 fully saturated rings. The maximum Gasteiger partial charge on any atom is 0.326 e. The first-order valence-corrected chi connectivity index (χ1v) is 10.9. The Morgan fingerprint density at radius 2 is 1.69 bits per heavy atom. The molecule has 3 amide bonds. The van der Waals surface area contributed by atoms with Gasteiger partial charge < -0.3 is 47.7 Å². The van der Waals surface area contributed by atoms with Crippen molar-refractivity contribution in [2.45, 2.75) is 69.3 Å². The van der Waals surface area contributed by atoms with Crippen LogP contribution in [0.15, 0.2) is 12.5 Å². The zero-order valence-electron chi connectivity index (χ0n) is 19.3. The lowest BCUT2D eigenvalue weighted by atomic mass is 10.0. The van der Waals surface area contributed by atoms with Crippen LogP contribution in [0, 0.1) is 0 Å². The molecule has 0 aliphatic heterocycles. The smallest absolute Gasteiger partial charge is 0.326 e. The minimum atomic E-state index is -1.78. The van der Waals surface area contributed by atoms with Gasteiger partial charge >= 0.3 is 11.9 Å². The van der Waals surface area contributed by atoms with Crippen molar-refractivity contribution in [3.05, 3.63) is 18.2 Å². The summed E-state index contributed by atoms with van der Waals surface area (Å²) in [6.07, 6.45) is 1.83. The predicted molar refractivity (Wildman–Crippen MR) is 121 cm³/mol. The van der Waals surface area contributed by atoms with E-state index in [9.17, 15) is 29.1 Å². The molecule has 0 saturated carbocycles. The molecular weight excluding hydrogens is 466 g/mol. The maximum absolute atomic E-state index is 12.9. The number of nitrogens with two attached hydrogens (primary N) is 2. The highest BCUT2D eigenvalue weighted by atomic mass is 16.4. The number of hydrogen-bond donors (Lipinski definition) is 9. The normalized spacial score (nSPS) is 15.2. The average Bonchev–Trinajstić information content (AvgIpc) is 3.28. The predicted octanol–water partition coefficient (Wildman–Crippen LogP) is -3.20. The Hall–Kier alpha value is -3.56. The van der Waals surface area contributed by atoms with Crippen LogP contribution in [-0.4, -0.2) is 91.8 Å². The van der Waals surface area contributed by atoms with Crippen molar-refractivity contribution in [1.29, 1.82) is 0 Å². The highest BCUT2D eigenvalue weighted by Crippen LogP contribution is 2.05. The van der Waals surface area contributed by atoms with E-state index in [-0.39, 0.29) is 12.8 Å². The fraction of sp³-hybridized carbons (Fsp3) is 0.600. The molecule has 5 unspecified atom stereocenters. The summed E-state index contributed by atoms with van der Waals surface area (Å²) >= 11 is 0. The largest absolute Gasteiger partial charge is 0.481 e. The zero-order chi connectivity index (χ0) is 26.5. The van der Waals surface area contributed by atoms with Crippen molar-refractivity contribution < 1.29 is 39.3 Å². The minimum Gasteiger partial charge on any atom is -0.481 e. The summed E-state index contributed by atoms with van der Waals surface area (Å²) in [5.74, 6) is -5.64. The van der Waals surface area contributed by atoms with Crippen molar-refractivity contribution in [2.24, 2.45) is 11.5 Å². The van der Waals surface area contributed by atoms with Crippen molar-refractivity contribution in [3.8, 4) is 0 Å². The van der Waals surface area contributed by atoms with Gasteiger partial charge in [-0.05, 0) is 32.7 Å². The van der Waals surface area contributed by atoms with Crippen molar-refractivity contribution >= 4 is 29.7 Å². The number of aliphatic hydroxyl groups is 1. The van der Waals surface area contributed by atoms with Crippen LogP contribution in [0.3, 0.4) is 0 Å². The van der Waals surface area contributed by atoms with Crippen LogP contribution in [0.2, 0.25) is 0 Å². The van der Waals surface area contributed by atoms with E-state index >= 15 is 0 Å². The van der Waals surface area contributed by atoms with Crippen LogP contribution >= 0.6 is 0 Å². The Kier molecular flexibility index (Phi) is 12.3. The van der Waals surface area contributed by atoms with Gasteiger partial charge in [-0.1, -0.05) is 0 Å². The number of aliphatic carboxylic acids is 2. The molecule has 0 radical (unpaired) electrons. The summed E-state index contributed by atoms with van der Waals surface area (Å²) in [7, 11) is 0. The van der Waals surface area contributed by atoms with E-state index in [0.29, 0.717) is 25.1 Å². The summed E-state index contributed by atoms with van der Waals surface area (Å²) in [5.41, 5.74) is 12.0. The fourth-order valence-electron chi connectivity index (χ4n) is 3.06. The third-order valence-corrected chi connectivity index (χ3v) is 4.97. The number of amides is 3. The third-order valence-electron chi connectivity index (χ3n) is 4.97. The number of H-pyrrole nitrogens is 1. The molecule has 1 aromatic heterocycles. The van der Waals surface area contributed by atoms with Crippen molar-refractivity contribution in [1.82, 2.24) is 25.9 Å². The Morgan fingerprint density at radius 1 is 1.03 bits per heavy atom. The molecule has 0 spiro atoms. The average molecular weight is 500 g/mol. The molecule has 0 bridgehead atoms. The molecule has 0 aliphatic carbocycles. The molecule has 15 nitrogen and oxygen atoms in total. The number of aromatic nitrogens is 2. The molecule has 0 aliphatic rings. The molecule has 11 N–H and O–H groups in total. The quantitative estimate of drug-likeness (QED) is 0.102. The number of imidazole rings is 1. The summed E-state index contributed by atoms with van der Waals surface area (Å²) < 4.78 is 0. The fourth-order valence-corrected chi connectivity index (χ4v) is 3.06. The van der Waals surface area contributed by atoms with Crippen molar-refractivity contribution in [2.75, 3.05) is 6.54 Å². The van der Waals surface area contributed by atoms with Gasteiger partial charge in [-0.3, -0.25) is 19.2 Å². The first kappa shape index (κ1) is 29.5. The van der Waals surface area contributed by atoms with Crippen molar-refractivity contribution in [3.63, 3.8) is 0 Å². The zero-order valence-corrected chi connectivity index (χ0v) is 19.3. The molecule has 0 aromatic carbocycles. The van der Waals surface area contributed by atoms with E-state index in [1.807, 2.05) is 5.32 Å². The van der Waals surface area contributed by atoms with Crippen LogP contribution in [-0.2, 0) is 30.4 Å². The molecule has 5 atom stereocenters. The summed E-state index contributed by atoms with van der Waals surface area (Å²) in [5, 5.41) is 34.7. The van der Waals surface area contributed by atoms with E-state index in [2.05, 4.69) is 20.6 Å². The van der Waals surface area contributed by atoms with E-state index in [1.165, 1.54) is 19.4 Å². The van der Waals surface area contributed by atoms with Gasteiger partial charge in [0.05, 0.1) is 24.9 Å². The standard InChI is InChI=1S/C20H33N7O8/c1-10(28)16(19(33)26-14(20(34)35)7-15(29)30)27-18(32)13(4-2-3-5-21)25-17(31)12(22)6-11-8-23-9-24-11/h8-10,12-14,16,28H,2-7,21-22H2,1H3,(H,23,24)(H,25,31)(H,26,33)(H,27,32)(H,29,30)(H,34,35). The number of nitrogens with one attached hydrogen (secondary N) is 4. The summed E-state index contributed by atoms with van der Waals surface area (Å²) in [6, 6.07) is -5.54. The van der Waals surface area contributed by atoms with Crippen LogP contribution < -0.4 is 27.4 Å². The first-order valence-electron chi connectivity index (χ1n) is 10.9. The molecule has 1 rings (SSSR count). The number of carboxylic acids is 2. The molecule has 35 heavy (non-hydrogen) atoms. The Labute approximate surface area is 201 Å². The SMILES string of the molecule is CC(O)C(NC(=O)C(CCCCN)NC(=O)C(N)Cc1cnc[nH]1)C(=O)NC(CC(=O)O)C(=O)O. The topological polar surface area (TPSA) is 263 Å². The minimum absolute atomic E-state index is 0.127. The van der Waals surface area contributed by atoms with Crippen LogP contribution in [0.25, 0.3) is 0 Å². The van der Waals surface area contributed by atoms with Gasteiger partial charge in [0.25, 0.3) is 0 Å². The van der Waals surface area contributed by atoms with E-state index in [0.717, 1.165) is 0 Å². The van der Waals surface area contributed by atoms with Gasteiger partial charge in [0.1, 0.15) is 18.1 Å². The number of nitrogens with zero attached hydrogens (tertiary/aromatic N) is 1. The molecule has 1 aromatic rings. The Bertz CT molecular complexity index is 862. The number of rotatable bonds is 16. The lowest BCUT2D eigenvalue weighted by Crippen LogP contribution is -2.60. The second kappa shape index (κ2) is 14.6. The molecule has 0 saturated heterocycles. The number of carboxylic acid groups (broad SMARTS) is 2. The van der Waals surface area contributed by atoms with Gasteiger partial charge in [0.15, 0.2) is 0 Å². The number of unbranched alkanes of at least 4 members (excludes halogenated alkanes) is 1. The highest BCUT2D eigenvalue weighted by molar-refractivity contribution is 5.94. The van der Waals surface area contributed by atoms with E-state index in [4.69, 9.17) is 21.7 Å². The number of carbonyl (C=O) groups excluding carboxylic acids is 3.